The Hall–Kier alpha value is -2.00. The molecule has 0 aromatic carbocycles. The SMILES string of the molecule is CN1Cc2sc3c(c(N=[N+]=[N-])nc4nnnn43)c2CC1(C)C.Cl. The van der Waals surface area contributed by atoms with E-state index in [4.69, 9.17) is 5.53 Å². The van der Waals surface area contributed by atoms with E-state index >= 15 is 0 Å². The molecule has 3 aromatic rings. The molecule has 9 nitrogen and oxygen atoms in total. The minimum Gasteiger partial charge on any atom is -0.296 e. The van der Waals surface area contributed by atoms with Crippen LogP contribution in [0, 0.1) is 0 Å². The predicted molar refractivity (Wildman–Crippen MR) is 89.3 cm³/mol. The maximum absolute atomic E-state index is 8.84. The van der Waals surface area contributed by atoms with Crippen molar-refractivity contribution in [2.45, 2.75) is 32.4 Å². The lowest BCUT2D eigenvalue weighted by molar-refractivity contribution is 0.136. The number of hydrogen-bond donors (Lipinski definition) is 0. The molecule has 0 aliphatic carbocycles. The van der Waals surface area contributed by atoms with E-state index in [0.29, 0.717) is 11.6 Å². The molecule has 3 aromatic heterocycles. The Bertz CT molecular complexity index is 952. The summed E-state index contributed by atoms with van der Waals surface area (Å²) >= 11 is 1.63. The number of tetrazole rings is 1. The zero-order valence-corrected chi connectivity index (χ0v) is 14.4. The summed E-state index contributed by atoms with van der Waals surface area (Å²) in [6.45, 7) is 5.26. The fraction of sp³-hybridized carbons (Fsp3) is 0.500. The Balaban J connectivity index is 0.00000156. The summed E-state index contributed by atoms with van der Waals surface area (Å²) in [6, 6.07) is 0. The van der Waals surface area contributed by atoms with E-state index in [-0.39, 0.29) is 17.9 Å². The minimum atomic E-state index is 0. The second-order valence-corrected chi connectivity index (χ2v) is 7.13. The molecule has 0 atom stereocenters. The van der Waals surface area contributed by atoms with Gasteiger partial charge in [-0.05, 0) is 54.0 Å². The van der Waals surface area contributed by atoms with E-state index in [1.165, 1.54) is 10.4 Å². The molecular weight excluding hydrogens is 338 g/mol. The molecule has 4 heterocycles. The maximum Gasteiger partial charge on any atom is 0.275 e. The highest BCUT2D eigenvalue weighted by Crippen LogP contribution is 2.42. The van der Waals surface area contributed by atoms with Crippen LogP contribution < -0.4 is 0 Å². The highest BCUT2D eigenvalue weighted by molar-refractivity contribution is 7.19. The molecule has 0 amide bonds. The van der Waals surface area contributed by atoms with Crippen LogP contribution in [-0.2, 0) is 13.0 Å². The van der Waals surface area contributed by atoms with Gasteiger partial charge in [0.25, 0.3) is 5.78 Å². The molecule has 1 aliphatic rings. The third-order valence-electron chi connectivity index (χ3n) is 4.31. The van der Waals surface area contributed by atoms with Gasteiger partial charge >= 0.3 is 0 Å². The summed E-state index contributed by atoms with van der Waals surface area (Å²) in [6.07, 6.45) is 0.863. The number of hydrogen-bond acceptors (Lipinski definition) is 7. The Morgan fingerprint density at radius 1 is 1.39 bits per heavy atom. The van der Waals surface area contributed by atoms with Crippen molar-refractivity contribution in [3.05, 3.63) is 20.9 Å². The average molecular weight is 352 g/mol. The van der Waals surface area contributed by atoms with Crippen LogP contribution in [0.25, 0.3) is 26.4 Å². The zero-order valence-electron chi connectivity index (χ0n) is 12.8. The fourth-order valence-electron chi connectivity index (χ4n) is 2.84. The molecular formula is C12H14ClN9S. The maximum atomic E-state index is 8.84. The van der Waals surface area contributed by atoms with Crippen molar-refractivity contribution in [1.82, 2.24) is 29.9 Å². The summed E-state index contributed by atoms with van der Waals surface area (Å²) in [5.74, 6) is 0.707. The van der Waals surface area contributed by atoms with Crippen LogP contribution in [0.15, 0.2) is 5.11 Å². The van der Waals surface area contributed by atoms with Crippen LogP contribution >= 0.6 is 23.7 Å². The molecule has 0 N–H and O–H groups in total. The Labute approximate surface area is 141 Å². The highest BCUT2D eigenvalue weighted by Gasteiger charge is 2.34. The lowest BCUT2D eigenvalue weighted by atomic mass is 9.88. The van der Waals surface area contributed by atoms with E-state index in [1.54, 1.807) is 15.9 Å². The van der Waals surface area contributed by atoms with Crippen LogP contribution in [0.3, 0.4) is 0 Å². The van der Waals surface area contributed by atoms with Crippen LogP contribution in [0.1, 0.15) is 24.3 Å². The van der Waals surface area contributed by atoms with Gasteiger partial charge in [-0.3, -0.25) is 4.90 Å². The number of likely N-dealkylation sites (N-methyl/N-ethyl adjacent to an activating group) is 1. The van der Waals surface area contributed by atoms with Gasteiger partial charge in [-0.15, -0.1) is 23.7 Å². The number of rotatable bonds is 1. The van der Waals surface area contributed by atoms with E-state index in [1.807, 2.05) is 0 Å². The van der Waals surface area contributed by atoms with E-state index in [9.17, 15) is 0 Å². The molecule has 0 saturated heterocycles. The predicted octanol–water partition coefficient (Wildman–Crippen LogP) is 2.86. The zero-order chi connectivity index (χ0) is 15.5. The van der Waals surface area contributed by atoms with Crippen molar-refractivity contribution in [2.24, 2.45) is 5.11 Å². The van der Waals surface area contributed by atoms with E-state index in [2.05, 4.69) is 56.3 Å². The van der Waals surface area contributed by atoms with Crippen molar-refractivity contribution < 1.29 is 0 Å². The van der Waals surface area contributed by atoms with Gasteiger partial charge in [0.2, 0.25) is 0 Å². The summed E-state index contributed by atoms with van der Waals surface area (Å²) in [5, 5.41) is 16.2. The van der Waals surface area contributed by atoms with Crippen LogP contribution in [0.5, 0.6) is 0 Å². The van der Waals surface area contributed by atoms with Gasteiger partial charge in [0.1, 0.15) is 10.6 Å². The number of halogens is 1. The number of aromatic nitrogens is 5. The number of nitrogens with zero attached hydrogens (tertiary/aromatic N) is 9. The Morgan fingerprint density at radius 2 is 2.17 bits per heavy atom. The van der Waals surface area contributed by atoms with E-state index < -0.39 is 0 Å². The van der Waals surface area contributed by atoms with Crippen molar-refractivity contribution in [3.63, 3.8) is 0 Å². The third-order valence-corrected chi connectivity index (χ3v) is 5.50. The van der Waals surface area contributed by atoms with Crippen molar-refractivity contribution in [1.29, 1.82) is 0 Å². The van der Waals surface area contributed by atoms with Crippen LogP contribution in [-0.4, -0.2) is 42.5 Å². The average Bonchev–Trinajstić information content (AvgIpc) is 3.03. The molecule has 23 heavy (non-hydrogen) atoms. The standard InChI is InChI=1S/C12H13N9S.ClH/c1-12(2)4-6-7(5-20(12)3)22-10-8(6)9(15-17-13)14-11-16-18-19-21(10)11;/h4-5H2,1-3H3;1H. The van der Waals surface area contributed by atoms with Gasteiger partial charge in [0.15, 0.2) is 0 Å². The molecule has 4 rings (SSSR count). The molecule has 0 fully saturated rings. The topological polar surface area (TPSA) is 108 Å². The molecule has 0 spiro atoms. The molecule has 0 unspecified atom stereocenters. The molecule has 11 heteroatoms. The number of fused-ring (bicyclic) bond motifs is 5. The van der Waals surface area contributed by atoms with Gasteiger partial charge in [-0.1, -0.05) is 5.10 Å². The second kappa shape index (κ2) is 5.27. The lowest BCUT2D eigenvalue weighted by Crippen LogP contribution is -2.45. The molecule has 0 saturated carbocycles. The Kier molecular flexibility index (Phi) is 3.64. The summed E-state index contributed by atoms with van der Waals surface area (Å²) in [7, 11) is 2.12. The summed E-state index contributed by atoms with van der Waals surface area (Å²) in [4.78, 5) is 11.7. The first-order valence-corrected chi connectivity index (χ1v) is 7.61. The first kappa shape index (κ1) is 15.9. The summed E-state index contributed by atoms with van der Waals surface area (Å²) < 4.78 is 1.61. The lowest BCUT2D eigenvalue weighted by Gasteiger charge is -2.39. The van der Waals surface area contributed by atoms with Crippen LogP contribution in [0.2, 0.25) is 0 Å². The van der Waals surface area contributed by atoms with Gasteiger partial charge < -0.3 is 0 Å². The first-order chi connectivity index (χ1) is 10.5. The van der Waals surface area contributed by atoms with Crippen molar-refractivity contribution in [2.75, 3.05) is 7.05 Å². The minimum absolute atomic E-state index is 0. The molecule has 0 bridgehead atoms. The largest absolute Gasteiger partial charge is 0.296 e. The van der Waals surface area contributed by atoms with E-state index in [0.717, 1.165) is 23.2 Å². The van der Waals surface area contributed by atoms with Gasteiger partial charge in [0.05, 0.1) is 0 Å². The Morgan fingerprint density at radius 3 is 2.91 bits per heavy atom. The number of thiophene rings is 1. The van der Waals surface area contributed by atoms with Crippen LogP contribution in [0.4, 0.5) is 5.82 Å². The van der Waals surface area contributed by atoms with Gasteiger partial charge in [-0.25, -0.2) is 4.98 Å². The van der Waals surface area contributed by atoms with Gasteiger partial charge in [-0.2, -0.15) is 4.52 Å². The smallest absolute Gasteiger partial charge is 0.275 e. The third kappa shape index (κ3) is 2.22. The molecule has 0 radical (unpaired) electrons. The fourth-order valence-corrected chi connectivity index (χ4v) is 4.15. The molecule has 1 aliphatic heterocycles. The quantitative estimate of drug-likeness (QED) is 0.380. The normalized spacial score (nSPS) is 16.8. The monoisotopic (exact) mass is 351 g/mol. The van der Waals surface area contributed by atoms with Crippen molar-refractivity contribution >= 4 is 45.6 Å². The highest BCUT2D eigenvalue weighted by atomic mass is 35.5. The van der Waals surface area contributed by atoms with Gasteiger partial charge in [0, 0.05) is 27.3 Å². The number of azide groups is 1. The first-order valence-electron chi connectivity index (χ1n) is 6.80. The summed E-state index contributed by atoms with van der Waals surface area (Å²) in [5.41, 5.74) is 10.1. The second-order valence-electron chi connectivity index (χ2n) is 6.04. The van der Waals surface area contributed by atoms with Crippen molar-refractivity contribution in [3.8, 4) is 0 Å². The molecule has 120 valence electrons.